The van der Waals surface area contributed by atoms with Gasteiger partial charge in [0.05, 0.1) is 24.4 Å². The van der Waals surface area contributed by atoms with E-state index in [-0.39, 0.29) is 23.2 Å². The van der Waals surface area contributed by atoms with Gasteiger partial charge in [-0.3, -0.25) is 9.59 Å². The van der Waals surface area contributed by atoms with Crippen molar-refractivity contribution in [2.45, 2.75) is 66.2 Å². The van der Waals surface area contributed by atoms with Gasteiger partial charge in [-0.05, 0) is 38.5 Å². The summed E-state index contributed by atoms with van der Waals surface area (Å²) in [6.07, 6.45) is 6.15. The van der Waals surface area contributed by atoms with Crippen molar-refractivity contribution in [2.24, 2.45) is 5.92 Å². The zero-order valence-corrected chi connectivity index (χ0v) is 22.8. The molecule has 10 nitrogen and oxygen atoms in total. The van der Waals surface area contributed by atoms with Gasteiger partial charge in [0.15, 0.2) is 0 Å². The van der Waals surface area contributed by atoms with Crippen LogP contribution < -0.4 is 16.0 Å². The number of hydrogen-bond acceptors (Lipinski definition) is 8. The van der Waals surface area contributed by atoms with Crippen LogP contribution in [0.2, 0.25) is 0 Å². The van der Waals surface area contributed by atoms with E-state index in [4.69, 9.17) is 4.74 Å². The van der Waals surface area contributed by atoms with Gasteiger partial charge in [0.25, 0.3) is 11.8 Å². The third-order valence-corrected chi connectivity index (χ3v) is 5.60. The summed E-state index contributed by atoms with van der Waals surface area (Å²) in [6, 6.07) is 0. The number of methoxy groups -OCH3 is 1. The van der Waals surface area contributed by atoms with Crippen LogP contribution in [0.4, 0.5) is 4.79 Å². The van der Waals surface area contributed by atoms with Gasteiger partial charge in [0.1, 0.15) is 11.4 Å². The number of aromatic nitrogens is 1. The van der Waals surface area contributed by atoms with Gasteiger partial charge < -0.3 is 25.4 Å². The molecule has 0 aliphatic heterocycles. The number of aryl methyl sites for hydroxylation is 1. The largest absolute Gasteiger partial charge is 0.464 e. The first kappa shape index (κ1) is 32.8. The summed E-state index contributed by atoms with van der Waals surface area (Å²) in [6.45, 7) is 16.1. The van der Waals surface area contributed by atoms with Crippen molar-refractivity contribution in [3.63, 3.8) is 0 Å². The maximum atomic E-state index is 11.9. The van der Waals surface area contributed by atoms with E-state index in [1.165, 1.54) is 37.0 Å². The van der Waals surface area contributed by atoms with Gasteiger partial charge in [0, 0.05) is 11.9 Å². The quantitative estimate of drug-likeness (QED) is 0.246. The first-order valence-electron chi connectivity index (χ1n) is 12.1. The summed E-state index contributed by atoms with van der Waals surface area (Å²) >= 11 is 1.38. The fraction of sp³-hybridized carbons (Fsp3) is 0.560. The normalized spacial score (nSPS) is 9.94. The second kappa shape index (κ2) is 19.0. The van der Waals surface area contributed by atoms with Crippen molar-refractivity contribution in [3.05, 3.63) is 40.6 Å². The van der Waals surface area contributed by atoms with E-state index in [0.717, 1.165) is 31.5 Å². The Morgan fingerprint density at radius 2 is 1.64 bits per heavy atom. The standard InChI is InChI=1S/C14H17N3O4S.C11H23NO2/c1-5-6-11-17-10(7-22-11)13(19)15-8(2)12(18)16-9(3)14(20)21-4;1-4-7-10(8-5-2)9-12-11(13)14-6-3/h7H,2-3,5-6H2,1,4H3,(H,15,19)(H,16,18);10H,4-9H2,1-3H3,(H,12,13). The van der Waals surface area contributed by atoms with Crippen LogP contribution >= 0.6 is 11.3 Å². The highest BCUT2D eigenvalue weighted by atomic mass is 32.1. The van der Waals surface area contributed by atoms with Gasteiger partial charge in [-0.15, -0.1) is 11.3 Å². The lowest BCUT2D eigenvalue weighted by Gasteiger charge is -2.15. The second-order valence-electron chi connectivity index (χ2n) is 7.78. The first-order chi connectivity index (χ1) is 17.1. The molecule has 0 spiro atoms. The molecule has 1 aromatic heterocycles. The predicted octanol–water partition coefficient (Wildman–Crippen LogP) is 4.09. The maximum absolute atomic E-state index is 11.9. The van der Waals surface area contributed by atoms with Crippen molar-refractivity contribution in [2.75, 3.05) is 20.3 Å². The smallest absolute Gasteiger partial charge is 0.407 e. The lowest BCUT2D eigenvalue weighted by molar-refractivity contribution is -0.137. The molecule has 0 fully saturated rings. The first-order valence-corrected chi connectivity index (χ1v) is 12.9. The molecule has 0 bridgehead atoms. The topological polar surface area (TPSA) is 136 Å². The molecule has 0 radical (unpaired) electrons. The highest BCUT2D eigenvalue weighted by molar-refractivity contribution is 7.09. The zero-order chi connectivity index (χ0) is 27.5. The minimum absolute atomic E-state index is 0.217. The van der Waals surface area contributed by atoms with Crippen LogP contribution in [0.25, 0.3) is 0 Å². The average molecular weight is 525 g/mol. The highest BCUT2D eigenvalue weighted by Gasteiger charge is 2.17. The number of ether oxygens (including phenoxy) is 2. The number of rotatable bonds is 14. The average Bonchev–Trinajstić information content (AvgIpc) is 3.32. The van der Waals surface area contributed by atoms with Gasteiger partial charge in [-0.1, -0.05) is 46.8 Å². The van der Waals surface area contributed by atoms with Crippen LogP contribution in [0.5, 0.6) is 0 Å². The Labute approximate surface area is 217 Å². The number of thiazole rings is 1. The molecule has 1 rings (SSSR count). The molecule has 0 aliphatic rings. The molecule has 202 valence electrons. The van der Waals surface area contributed by atoms with Crippen LogP contribution in [-0.4, -0.2) is 49.1 Å². The van der Waals surface area contributed by atoms with Gasteiger partial charge >= 0.3 is 12.1 Å². The summed E-state index contributed by atoms with van der Waals surface area (Å²) in [7, 11) is 1.16. The maximum Gasteiger partial charge on any atom is 0.407 e. The van der Waals surface area contributed by atoms with E-state index in [9.17, 15) is 19.2 Å². The monoisotopic (exact) mass is 524 g/mol. The number of nitrogens with zero attached hydrogens (tertiary/aromatic N) is 1. The molecule has 3 N–H and O–H groups in total. The molecule has 3 amide bonds. The van der Waals surface area contributed by atoms with Crippen molar-refractivity contribution in [1.82, 2.24) is 20.9 Å². The lowest BCUT2D eigenvalue weighted by atomic mass is 9.98. The van der Waals surface area contributed by atoms with Crippen molar-refractivity contribution in [1.29, 1.82) is 0 Å². The molecular weight excluding hydrogens is 484 g/mol. The molecule has 36 heavy (non-hydrogen) atoms. The fourth-order valence-corrected chi connectivity index (χ4v) is 3.84. The van der Waals surface area contributed by atoms with Crippen LogP contribution in [0.15, 0.2) is 29.9 Å². The number of hydrogen-bond donors (Lipinski definition) is 3. The van der Waals surface area contributed by atoms with E-state index >= 15 is 0 Å². The Hall–Kier alpha value is -3.21. The number of carbonyl (C=O) groups excluding carboxylic acids is 4. The number of amides is 3. The Bertz CT molecular complexity index is 878. The summed E-state index contributed by atoms with van der Waals surface area (Å²) in [5, 5.41) is 9.74. The Morgan fingerprint density at radius 3 is 2.17 bits per heavy atom. The van der Waals surface area contributed by atoms with E-state index in [1.807, 2.05) is 13.8 Å². The molecule has 11 heteroatoms. The van der Waals surface area contributed by atoms with Crippen LogP contribution in [0, 0.1) is 5.92 Å². The van der Waals surface area contributed by atoms with Crippen LogP contribution in [0.1, 0.15) is 75.3 Å². The van der Waals surface area contributed by atoms with Crippen molar-refractivity contribution < 1.29 is 28.7 Å². The summed E-state index contributed by atoms with van der Waals surface area (Å²) in [5.41, 5.74) is -0.254. The second-order valence-corrected chi connectivity index (χ2v) is 8.72. The molecule has 0 unspecified atom stereocenters. The number of carbonyl (C=O) groups is 4. The summed E-state index contributed by atoms with van der Waals surface area (Å²) < 4.78 is 9.19. The van der Waals surface area contributed by atoms with Crippen LogP contribution in [-0.2, 0) is 25.5 Å². The molecule has 1 aromatic rings. The van der Waals surface area contributed by atoms with Crippen molar-refractivity contribution >= 4 is 35.2 Å². The van der Waals surface area contributed by atoms with E-state index in [0.29, 0.717) is 12.5 Å². The van der Waals surface area contributed by atoms with Gasteiger partial charge in [0.2, 0.25) is 0 Å². The van der Waals surface area contributed by atoms with E-state index in [1.54, 1.807) is 5.38 Å². The Kier molecular flexibility index (Phi) is 17.3. The molecule has 0 aromatic carbocycles. The highest BCUT2D eigenvalue weighted by Crippen LogP contribution is 2.12. The van der Waals surface area contributed by atoms with E-state index in [2.05, 4.69) is 52.7 Å². The zero-order valence-electron chi connectivity index (χ0n) is 22.0. The molecule has 0 aliphatic carbocycles. The van der Waals surface area contributed by atoms with Gasteiger partial charge in [-0.25, -0.2) is 14.6 Å². The lowest BCUT2D eigenvalue weighted by Crippen LogP contribution is -2.35. The molecule has 0 atom stereocenters. The molecule has 1 heterocycles. The fourth-order valence-electron chi connectivity index (χ4n) is 2.96. The molecule has 0 saturated carbocycles. The van der Waals surface area contributed by atoms with E-state index < -0.39 is 17.8 Å². The SMILES string of the molecule is C=C(NC(=O)c1csc(CCC)n1)C(=O)NC(=C)C(=O)OC.CCCC(CCC)CNC(=O)OCC. The van der Waals surface area contributed by atoms with Crippen LogP contribution in [0.3, 0.4) is 0 Å². The number of alkyl carbamates (subject to hydrolysis) is 1. The van der Waals surface area contributed by atoms with Crippen molar-refractivity contribution in [3.8, 4) is 0 Å². The number of nitrogens with one attached hydrogen (secondary N) is 3. The predicted molar refractivity (Wildman–Crippen MR) is 140 cm³/mol. The molecular formula is C25H40N4O6S. The third-order valence-electron chi connectivity index (χ3n) is 4.69. The number of esters is 1. The summed E-state index contributed by atoms with van der Waals surface area (Å²) in [5.74, 6) is -1.47. The third kappa shape index (κ3) is 13.6. The van der Waals surface area contributed by atoms with Gasteiger partial charge in [-0.2, -0.15) is 0 Å². The minimum Gasteiger partial charge on any atom is -0.464 e. The molecule has 0 saturated heterocycles. The Balaban J connectivity index is 0.000000757. The summed E-state index contributed by atoms with van der Waals surface area (Å²) in [4.78, 5) is 50.0. The Morgan fingerprint density at radius 1 is 1.00 bits per heavy atom. The minimum atomic E-state index is -0.781.